The third kappa shape index (κ3) is 6.62. The molecule has 0 spiro atoms. The van der Waals surface area contributed by atoms with Gasteiger partial charge in [-0.1, -0.05) is 0 Å². The molecule has 0 bridgehead atoms. The topological polar surface area (TPSA) is 13.0 Å². The normalized spacial score (nSPS) is 27.9. The predicted molar refractivity (Wildman–Crippen MR) is 176 cm³/mol. The van der Waals surface area contributed by atoms with Gasteiger partial charge in [-0.15, -0.1) is 0 Å². The van der Waals surface area contributed by atoms with E-state index in [1.807, 2.05) is 8.71 Å². The maximum atomic E-state index is 3.06. The molecular formula is C37H58N4Ru. The molecule has 0 atom stereocenters. The first kappa shape index (κ1) is 30.0. The van der Waals surface area contributed by atoms with Crippen LogP contribution in [-0.4, -0.2) is 83.3 Å². The summed E-state index contributed by atoms with van der Waals surface area (Å²) in [6, 6.07) is 14.7. The van der Waals surface area contributed by atoms with Crippen molar-refractivity contribution in [1.82, 2.24) is 19.6 Å². The molecule has 4 saturated carbocycles. The molecule has 4 nitrogen and oxygen atoms in total. The molecule has 0 N–H and O–H groups in total. The van der Waals surface area contributed by atoms with Crippen LogP contribution >= 0.6 is 0 Å². The standard InChI is InChI=1S/2C15H26N2.C7H6.Ru/c2*1-3-7-14(8-4-1)16-11-12-17(13-16)15-9-5-2-6-10-15;1-7-5-3-2-4-6-7;/h2*14-15H,1-12H2;1-6H;. The van der Waals surface area contributed by atoms with Crippen LogP contribution in [0.4, 0.5) is 0 Å². The Morgan fingerprint density at radius 2 is 0.738 bits per heavy atom. The number of benzene rings is 1. The van der Waals surface area contributed by atoms with E-state index >= 15 is 0 Å². The summed E-state index contributed by atoms with van der Waals surface area (Å²) in [5.41, 5.74) is 1.48. The summed E-state index contributed by atoms with van der Waals surface area (Å²) in [5, 5.41) is 0. The summed E-state index contributed by atoms with van der Waals surface area (Å²) in [6.07, 6.45) is 28.7. The van der Waals surface area contributed by atoms with Crippen LogP contribution in [0.25, 0.3) is 0 Å². The first-order valence-electron chi connectivity index (χ1n) is 18.2. The quantitative estimate of drug-likeness (QED) is 0.310. The van der Waals surface area contributed by atoms with Gasteiger partial charge in [0.1, 0.15) is 0 Å². The summed E-state index contributed by atoms with van der Waals surface area (Å²) in [6.45, 7) is 5.13. The van der Waals surface area contributed by atoms with Gasteiger partial charge in [-0.05, 0) is 0 Å². The molecule has 5 heteroatoms. The van der Waals surface area contributed by atoms with Crippen LogP contribution in [0.2, 0.25) is 0 Å². The zero-order valence-corrected chi connectivity index (χ0v) is 28.1. The minimum absolute atomic E-state index is 0.774. The molecular weight excluding hydrogens is 602 g/mol. The van der Waals surface area contributed by atoms with Gasteiger partial charge in [-0.2, -0.15) is 0 Å². The first-order chi connectivity index (χ1) is 20.9. The van der Waals surface area contributed by atoms with E-state index in [9.17, 15) is 0 Å². The van der Waals surface area contributed by atoms with Crippen LogP contribution in [-0.2, 0) is 14.6 Å². The average molecular weight is 660 g/mol. The summed E-state index contributed by atoms with van der Waals surface area (Å²) in [4.78, 5) is 12.3. The van der Waals surface area contributed by atoms with E-state index in [0.717, 1.165) is 24.2 Å². The molecule has 2 saturated heterocycles. The average Bonchev–Trinajstić information content (AvgIpc) is 3.72. The van der Waals surface area contributed by atoms with Crippen LogP contribution in [0.5, 0.6) is 0 Å². The van der Waals surface area contributed by atoms with E-state index in [1.165, 1.54) is 160 Å². The van der Waals surface area contributed by atoms with Crippen LogP contribution < -0.4 is 0 Å². The fourth-order valence-corrected chi connectivity index (χ4v) is 15.2. The van der Waals surface area contributed by atoms with Gasteiger partial charge in [-0.25, -0.2) is 0 Å². The fraction of sp³-hybridized carbons (Fsp3) is 0.757. The van der Waals surface area contributed by atoms with E-state index in [-0.39, 0.29) is 0 Å². The Hall–Kier alpha value is -0.707. The van der Waals surface area contributed by atoms with Crippen LogP contribution in [0.1, 0.15) is 134 Å². The Balaban J connectivity index is 1.46. The van der Waals surface area contributed by atoms with Gasteiger partial charge < -0.3 is 0 Å². The van der Waals surface area contributed by atoms with E-state index < -0.39 is 14.6 Å². The molecule has 1 aromatic carbocycles. The van der Waals surface area contributed by atoms with Crippen LogP contribution in [0.3, 0.4) is 0 Å². The van der Waals surface area contributed by atoms with Crippen LogP contribution in [0, 0.1) is 0 Å². The molecule has 234 valence electrons. The summed E-state index contributed by atoms with van der Waals surface area (Å²) < 4.78 is 6.60. The molecule has 2 aliphatic heterocycles. The second kappa shape index (κ2) is 14.6. The third-order valence-corrected chi connectivity index (χ3v) is 16.3. The molecule has 6 fully saturated rings. The van der Waals surface area contributed by atoms with Crippen molar-refractivity contribution in [3.05, 3.63) is 35.9 Å². The van der Waals surface area contributed by atoms with Gasteiger partial charge in [-0.3, -0.25) is 0 Å². The predicted octanol–water partition coefficient (Wildman–Crippen LogP) is 7.20. The van der Waals surface area contributed by atoms with Gasteiger partial charge in [0, 0.05) is 0 Å². The minimum atomic E-state index is -1.73. The Kier molecular flexibility index (Phi) is 10.4. The van der Waals surface area contributed by atoms with Crippen LogP contribution in [0.15, 0.2) is 30.3 Å². The maximum absolute atomic E-state index is 3.06. The molecule has 1 aromatic rings. The molecule has 2 heterocycles. The molecule has 6 aliphatic rings. The second-order valence-corrected chi connectivity index (χ2v) is 17.8. The number of hydrogen-bond acceptors (Lipinski definition) is 4. The van der Waals surface area contributed by atoms with Crippen molar-refractivity contribution in [2.24, 2.45) is 0 Å². The van der Waals surface area contributed by atoms with E-state index in [1.54, 1.807) is 0 Å². The zero-order chi connectivity index (χ0) is 28.1. The molecule has 4 aliphatic carbocycles. The van der Waals surface area contributed by atoms with Gasteiger partial charge in [0.15, 0.2) is 0 Å². The number of hydrogen-bond donors (Lipinski definition) is 0. The molecule has 0 radical (unpaired) electrons. The van der Waals surface area contributed by atoms with Crippen molar-refractivity contribution in [2.45, 2.75) is 153 Å². The van der Waals surface area contributed by atoms with E-state index in [2.05, 4.69) is 54.5 Å². The second-order valence-electron chi connectivity index (χ2n) is 14.3. The van der Waals surface area contributed by atoms with Gasteiger partial charge in [0.2, 0.25) is 0 Å². The monoisotopic (exact) mass is 660 g/mol. The van der Waals surface area contributed by atoms with Crippen molar-refractivity contribution in [3.8, 4) is 0 Å². The van der Waals surface area contributed by atoms with Gasteiger partial charge >= 0.3 is 262 Å². The fourth-order valence-electron chi connectivity index (χ4n) is 9.24. The van der Waals surface area contributed by atoms with Gasteiger partial charge in [0.05, 0.1) is 0 Å². The number of nitrogens with zero attached hydrogens (tertiary/aromatic N) is 4. The Bertz CT molecular complexity index is 1040. The van der Waals surface area contributed by atoms with Crippen molar-refractivity contribution in [3.63, 3.8) is 0 Å². The third-order valence-electron chi connectivity index (χ3n) is 11.5. The van der Waals surface area contributed by atoms with Crippen molar-refractivity contribution >= 4 is 13.3 Å². The summed E-state index contributed by atoms with van der Waals surface area (Å²) in [5.74, 6) is 0. The summed E-state index contributed by atoms with van der Waals surface area (Å²) in [7, 11) is 0. The molecule has 0 unspecified atom stereocenters. The van der Waals surface area contributed by atoms with Crippen molar-refractivity contribution < 1.29 is 14.6 Å². The molecule has 0 aromatic heterocycles. The molecule has 42 heavy (non-hydrogen) atoms. The molecule has 7 rings (SSSR count). The zero-order valence-electron chi connectivity index (χ0n) is 26.4. The van der Waals surface area contributed by atoms with Gasteiger partial charge in [0.25, 0.3) is 0 Å². The SMILES string of the molecule is [CH](c1ccccc1)=[Ru](=[C]1N(C2CCCCC2)CCN1C1CCCCC1)=[C]1N(C2CCCCC2)CCN1C1CCCCC1. The van der Waals surface area contributed by atoms with Crippen molar-refractivity contribution in [2.75, 3.05) is 26.2 Å². The van der Waals surface area contributed by atoms with E-state index in [0.29, 0.717) is 0 Å². The Labute approximate surface area is 261 Å². The Morgan fingerprint density at radius 3 is 1.05 bits per heavy atom. The Morgan fingerprint density at radius 1 is 0.429 bits per heavy atom. The number of rotatable bonds is 5. The van der Waals surface area contributed by atoms with E-state index in [4.69, 9.17) is 0 Å². The first-order valence-corrected chi connectivity index (χ1v) is 21.0. The summed E-state index contributed by atoms with van der Waals surface area (Å²) >= 11 is -1.73. The van der Waals surface area contributed by atoms with Crippen molar-refractivity contribution in [1.29, 1.82) is 0 Å². The molecule has 0 amide bonds.